The predicted molar refractivity (Wildman–Crippen MR) is 134 cm³/mol. The number of likely N-dealkylation sites (N-methyl/N-ethyl adjacent to an activating group) is 1. The number of carbonyl (C=O) groups is 2. The number of hydrogen-bond donors (Lipinski definition) is 12. The van der Waals surface area contributed by atoms with E-state index in [0.29, 0.717) is 19.5 Å². The molecule has 0 bridgehead atoms. The van der Waals surface area contributed by atoms with Crippen LogP contribution in [0.3, 0.4) is 0 Å². The van der Waals surface area contributed by atoms with Gasteiger partial charge in [-0.15, -0.1) is 0 Å². The summed E-state index contributed by atoms with van der Waals surface area (Å²) in [7, 11) is 3.03. The molecule has 1 atom stereocenters. The van der Waals surface area contributed by atoms with E-state index in [1.165, 1.54) is 23.8 Å². The molecule has 0 spiro atoms. The van der Waals surface area contributed by atoms with Gasteiger partial charge in [0.15, 0.2) is 23.8 Å². The molecule has 18 heteroatoms. The Kier molecular flexibility index (Phi) is 26.8. The zero-order chi connectivity index (χ0) is 28.6. The average molecular weight is 511 g/mol. The van der Waals surface area contributed by atoms with Gasteiger partial charge in [-0.2, -0.15) is 0 Å². The average Bonchev–Trinajstić information content (AvgIpc) is 2.75. The van der Waals surface area contributed by atoms with Crippen molar-refractivity contribution in [3.05, 3.63) is 0 Å². The van der Waals surface area contributed by atoms with Crippen LogP contribution in [0, 0.1) is 10.8 Å². The highest BCUT2D eigenvalue weighted by molar-refractivity contribution is 5.82. The standard InChI is InChI=1S/2C5H11N3O2.C4H11N3O.C3H9N3O/c1-8(5(6)7)3-2-4(9)10;1-3(4(9)10)8(2)5(6)7;5-4(6)7-2-1-3-8;4-3(5)6-1-2-7/h2-3H2,1H3,(H3,6,7)(H,9,10);3H,1-2H3,(H3,6,7)(H,9,10);8H,1-3H2,(H4,5,6,7);7H,1-2H2,(H4,4,5,6). The maximum atomic E-state index is 10.3. The highest BCUT2D eigenvalue weighted by Gasteiger charge is 2.16. The lowest BCUT2D eigenvalue weighted by atomic mass is 10.3. The van der Waals surface area contributed by atoms with Crippen LogP contribution in [0.5, 0.6) is 0 Å². The van der Waals surface area contributed by atoms with Gasteiger partial charge in [0, 0.05) is 33.8 Å². The number of hydrogen-bond acceptors (Lipinski definition) is 8. The van der Waals surface area contributed by atoms with E-state index in [1.807, 2.05) is 0 Å². The molecule has 18 nitrogen and oxygen atoms in total. The Morgan fingerprint density at radius 1 is 0.857 bits per heavy atom. The van der Waals surface area contributed by atoms with Gasteiger partial charge in [0.2, 0.25) is 0 Å². The van der Waals surface area contributed by atoms with Crippen LogP contribution in [0.2, 0.25) is 0 Å². The molecule has 35 heavy (non-hydrogen) atoms. The largest absolute Gasteiger partial charge is 0.481 e. The molecular formula is C17H42N12O6. The summed E-state index contributed by atoms with van der Waals surface area (Å²) in [6, 6.07) is -0.738. The molecule has 0 aliphatic carbocycles. The summed E-state index contributed by atoms with van der Waals surface area (Å²) in [5, 5.41) is 46.7. The van der Waals surface area contributed by atoms with Gasteiger partial charge in [-0.05, 0) is 13.3 Å². The van der Waals surface area contributed by atoms with Crippen molar-refractivity contribution in [2.24, 2.45) is 44.4 Å². The number of guanidine groups is 4. The molecule has 0 saturated heterocycles. The van der Waals surface area contributed by atoms with E-state index >= 15 is 0 Å². The Morgan fingerprint density at radius 2 is 1.31 bits per heavy atom. The molecule has 206 valence electrons. The highest BCUT2D eigenvalue weighted by Crippen LogP contribution is 1.92. The lowest BCUT2D eigenvalue weighted by molar-refractivity contribution is -0.141. The van der Waals surface area contributed by atoms with E-state index in [2.05, 4.69) is 9.98 Å². The number of aliphatic carboxylic acids is 2. The van der Waals surface area contributed by atoms with Gasteiger partial charge in [-0.25, -0.2) is 4.79 Å². The minimum atomic E-state index is -0.988. The molecule has 0 amide bonds. The summed E-state index contributed by atoms with van der Waals surface area (Å²) < 4.78 is 0. The Balaban J connectivity index is -0.000000185. The topological polar surface area (TPSA) is 350 Å². The van der Waals surface area contributed by atoms with Gasteiger partial charge in [0.05, 0.1) is 19.6 Å². The summed E-state index contributed by atoms with van der Waals surface area (Å²) >= 11 is 0. The molecule has 0 aromatic carbocycles. The second kappa shape index (κ2) is 24.6. The number of aliphatic imine (C=N–C) groups is 2. The van der Waals surface area contributed by atoms with Gasteiger partial charge in [0.1, 0.15) is 6.04 Å². The first-order chi connectivity index (χ1) is 16.0. The van der Waals surface area contributed by atoms with Crippen molar-refractivity contribution in [1.29, 1.82) is 10.8 Å². The van der Waals surface area contributed by atoms with Crippen molar-refractivity contribution in [2.45, 2.75) is 25.8 Å². The van der Waals surface area contributed by atoms with Crippen LogP contribution < -0.4 is 34.4 Å². The highest BCUT2D eigenvalue weighted by atomic mass is 16.4. The molecule has 0 fully saturated rings. The third-order valence-electron chi connectivity index (χ3n) is 3.40. The summed E-state index contributed by atoms with van der Waals surface area (Å²) in [6.07, 6.45) is 0.633. The molecular weight excluding hydrogens is 468 g/mol. The summed E-state index contributed by atoms with van der Waals surface area (Å²) in [5.74, 6) is -2.12. The first-order valence-corrected chi connectivity index (χ1v) is 9.94. The number of nitrogens with one attached hydrogen (secondary N) is 2. The van der Waals surface area contributed by atoms with E-state index in [0.717, 1.165) is 0 Å². The number of aliphatic hydroxyl groups is 2. The molecule has 18 N–H and O–H groups in total. The third kappa shape index (κ3) is 34.7. The number of nitrogens with two attached hydrogens (primary N) is 6. The number of carboxylic acids is 2. The van der Waals surface area contributed by atoms with Crippen molar-refractivity contribution in [3.8, 4) is 0 Å². The summed E-state index contributed by atoms with van der Waals surface area (Å²) in [6.45, 7) is 2.68. The molecule has 0 aromatic heterocycles. The lowest BCUT2D eigenvalue weighted by Crippen LogP contribution is -2.43. The maximum absolute atomic E-state index is 10.3. The third-order valence-corrected chi connectivity index (χ3v) is 3.40. The zero-order valence-electron chi connectivity index (χ0n) is 20.4. The fraction of sp³-hybridized carbons (Fsp3) is 0.647. The minimum absolute atomic E-state index is 0.00208. The molecule has 1 unspecified atom stereocenters. The van der Waals surface area contributed by atoms with Crippen molar-refractivity contribution < 1.29 is 30.0 Å². The van der Waals surface area contributed by atoms with Crippen LogP contribution in [0.1, 0.15) is 19.8 Å². The van der Waals surface area contributed by atoms with Crippen LogP contribution >= 0.6 is 0 Å². The first kappa shape index (κ1) is 38.2. The molecule has 0 rings (SSSR count). The van der Waals surface area contributed by atoms with Crippen LogP contribution in [-0.4, -0.2) is 119 Å². The Labute approximate surface area is 204 Å². The maximum Gasteiger partial charge on any atom is 0.326 e. The number of carboxylic acid groups (broad SMARTS) is 2. The molecule has 0 aliphatic heterocycles. The van der Waals surface area contributed by atoms with Gasteiger partial charge in [-0.3, -0.25) is 25.6 Å². The van der Waals surface area contributed by atoms with Crippen LogP contribution in [-0.2, 0) is 9.59 Å². The van der Waals surface area contributed by atoms with Gasteiger partial charge in [0.25, 0.3) is 0 Å². The molecule has 0 aliphatic rings. The van der Waals surface area contributed by atoms with E-state index in [1.54, 1.807) is 7.05 Å². The number of nitrogens with zero attached hydrogens (tertiary/aromatic N) is 4. The SMILES string of the molecule is CC(C(=O)O)N(C)C(=N)N.CN(CCC(=O)O)C(=N)N.NC(N)=NCCCO.NC(N)=NCCO. The smallest absolute Gasteiger partial charge is 0.326 e. The fourth-order valence-corrected chi connectivity index (χ4v) is 1.22. The monoisotopic (exact) mass is 510 g/mol. The van der Waals surface area contributed by atoms with Crippen molar-refractivity contribution in [1.82, 2.24) is 9.80 Å². The molecule has 0 radical (unpaired) electrons. The molecule has 0 heterocycles. The van der Waals surface area contributed by atoms with Crippen molar-refractivity contribution in [3.63, 3.8) is 0 Å². The van der Waals surface area contributed by atoms with Crippen LogP contribution in [0.25, 0.3) is 0 Å². The van der Waals surface area contributed by atoms with Crippen molar-refractivity contribution in [2.75, 3.05) is 46.9 Å². The van der Waals surface area contributed by atoms with E-state index < -0.39 is 18.0 Å². The van der Waals surface area contributed by atoms with Crippen molar-refractivity contribution >= 4 is 35.8 Å². The van der Waals surface area contributed by atoms with Crippen LogP contribution in [0.15, 0.2) is 9.98 Å². The quantitative estimate of drug-likeness (QED) is 0.0747. The minimum Gasteiger partial charge on any atom is -0.481 e. The van der Waals surface area contributed by atoms with E-state index in [-0.39, 0.29) is 50.0 Å². The number of rotatable bonds is 10. The second-order valence-electron chi connectivity index (χ2n) is 6.37. The summed E-state index contributed by atoms with van der Waals surface area (Å²) in [5.41, 5.74) is 29.8. The van der Waals surface area contributed by atoms with Crippen LogP contribution in [0.4, 0.5) is 0 Å². The van der Waals surface area contributed by atoms with Gasteiger partial charge >= 0.3 is 11.9 Å². The lowest BCUT2D eigenvalue weighted by Gasteiger charge is -2.20. The number of aliphatic hydroxyl groups excluding tert-OH is 2. The second-order valence-corrected chi connectivity index (χ2v) is 6.37. The normalized spacial score (nSPS) is 9.63. The fourth-order valence-electron chi connectivity index (χ4n) is 1.22. The predicted octanol–water partition coefficient (Wildman–Crippen LogP) is -4.53. The summed E-state index contributed by atoms with van der Waals surface area (Å²) in [4.78, 5) is 29.9. The Bertz CT molecular complexity index is 648. The zero-order valence-corrected chi connectivity index (χ0v) is 20.4. The molecule has 0 aromatic rings. The molecule has 0 saturated carbocycles. The van der Waals surface area contributed by atoms with Gasteiger partial charge < -0.3 is 64.6 Å². The first-order valence-electron chi connectivity index (χ1n) is 9.94. The van der Waals surface area contributed by atoms with Gasteiger partial charge in [-0.1, -0.05) is 0 Å². The Hall–Kier alpha value is -4.06. The van der Waals surface area contributed by atoms with E-state index in [9.17, 15) is 9.59 Å². The van der Waals surface area contributed by atoms with E-state index in [4.69, 9.17) is 65.6 Å². The Morgan fingerprint density at radius 3 is 1.54 bits per heavy atom.